The molecule has 0 aromatic heterocycles. The first-order chi connectivity index (χ1) is 8.15. The van der Waals surface area contributed by atoms with Crippen molar-refractivity contribution in [2.45, 2.75) is 71.6 Å². The van der Waals surface area contributed by atoms with Crippen LogP contribution in [-0.4, -0.2) is 47.7 Å². The Labute approximate surface area is 116 Å². The predicted octanol–water partition coefficient (Wildman–Crippen LogP) is 0.548. The molecule has 0 radical (unpaired) electrons. The average molecular weight is 295 g/mol. The van der Waals surface area contributed by atoms with E-state index in [1.54, 1.807) is 13.8 Å². The van der Waals surface area contributed by atoms with E-state index in [2.05, 4.69) is 26.9 Å². The molecule has 0 fully saturated rings. The van der Waals surface area contributed by atoms with Gasteiger partial charge in [-0.15, -0.1) is 0 Å². The monoisotopic (exact) mass is 294 g/mol. The van der Waals surface area contributed by atoms with E-state index in [1.807, 2.05) is 0 Å². The van der Waals surface area contributed by atoms with E-state index >= 15 is 0 Å². The molecule has 110 valence electrons. The molecule has 0 heterocycles. The molecule has 0 saturated carbocycles. The van der Waals surface area contributed by atoms with Crippen LogP contribution in [0, 0.1) is 5.41 Å². The summed E-state index contributed by atoms with van der Waals surface area (Å²) >= 11 is 0. The van der Waals surface area contributed by atoms with Crippen LogP contribution in [0.1, 0.15) is 40.5 Å². The van der Waals surface area contributed by atoms with Gasteiger partial charge in [0.25, 0.3) is 0 Å². The van der Waals surface area contributed by atoms with E-state index in [9.17, 15) is 10.2 Å². The molecule has 0 rings (SSSR count). The molecule has 1 atom stereocenters. The van der Waals surface area contributed by atoms with Crippen molar-refractivity contribution in [1.29, 1.82) is 0 Å². The number of aliphatic hydroxyl groups excluding tert-OH is 1. The molecule has 0 spiro atoms. The Morgan fingerprint density at radius 1 is 1.06 bits per heavy atom. The summed E-state index contributed by atoms with van der Waals surface area (Å²) in [7, 11) is -1.02. The minimum absolute atomic E-state index is 0.127. The van der Waals surface area contributed by atoms with Crippen molar-refractivity contribution in [2.24, 2.45) is 5.41 Å². The molecule has 0 aliphatic heterocycles. The van der Waals surface area contributed by atoms with Gasteiger partial charge in [0.1, 0.15) is 6.29 Å². The fourth-order valence-electron chi connectivity index (χ4n) is 1.78. The quantitative estimate of drug-likeness (QED) is 0.482. The summed E-state index contributed by atoms with van der Waals surface area (Å²) in [6, 6.07) is 0. The van der Waals surface area contributed by atoms with E-state index in [-0.39, 0.29) is 11.7 Å². The van der Waals surface area contributed by atoms with E-state index in [4.69, 9.17) is 8.85 Å². The lowest BCUT2D eigenvalue weighted by Gasteiger charge is -2.36. The molecule has 0 unspecified atom stereocenters. The highest BCUT2D eigenvalue weighted by molar-refractivity contribution is 6.26. The average Bonchev–Trinajstić information content (AvgIpc) is 2.24. The van der Waals surface area contributed by atoms with Gasteiger partial charge in [0.15, 0.2) is 19.5 Å². The summed E-state index contributed by atoms with van der Waals surface area (Å²) in [6.07, 6.45) is 0.456. The van der Waals surface area contributed by atoms with Gasteiger partial charge in [0.05, 0.1) is 11.7 Å². The normalized spacial score (nSPS) is 18.0. The molecule has 6 heteroatoms. The minimum atomic E-state index is -1.05. The number of aliphatic hydroxyl groups is 2. The van der Waals surface area contributed by atoms with Crippen molar-refractivity contribution < 1.29 is 19.1 Å². The van der Waals surface area contributed by atoms with E-state index in [0.717, 1.165) is 6.42 Å². The largest absolute Gasteiger partial charge is 0.400 e. The van der Waals surface area contributed by atoms with Crippen molar-refractivity contribution in [3.63, 3.8) is 0 Å². The summed E-state index contributed by atoms with van der Waals surface area (Å²) in [5.74, 6) is 0. The van der Waals surface area contributed by atoms with Gasteiger partial charge in [-0.1, -0.05) is 26.9 Å². The van der Waals surface area contributed by atoms with E-state index in [1.165, 1.54) is 0 Å². The summed E-state index contributed by atoms with van der Waals surface area (Å²) < 4.78 is 11.5. The Bertz CT molecular complexity index is 223. The first-order valence-corrected chi connectivity index (χ1v) is 10.8. The molecule has 4 nitrogen and oxygen atoms in total. The topological polar surface area (TPSA) is 58.9 Å². The molecular weight excluding hydrogens is 264 g/mol. The zero-order chi connectivity index (χ0) is 14.4. The number of hydrogen-bond donors (Lipinski definition) is 2. The van der Waals surface area contributed by atoms with Crippen LogP contribution in [0.4, 0.5) is 0 Å². The van der Waals surface area contributed by atoms with Crippen LogP contribution in [-0.2, 0) is 8.85 Å². The van der Waals surface area contributed by atoms with Crippen LogP contribution in [0.5, 0.6) is 0 Å². The molecule has 18 heavy (non-hydrogen) atoms. The van der Waals surface area contributed by atoms with Crippen LogP contribution in [0.25, 0.3) is 0 Å². The van der Waals surface area contributed by atoms with E-state index < -0.39 is 31.2 Å². The Morgan fingerprint density at radius 3 is 1.83 bits per heavy atom. The summed E-state index contributed by atoms with van der Waals surface area (Å²) in [4.78, 5) is 0. The van der Waals surface area contributed by atoms with Crippen LogP contribution in [0.15, 0.2) is 0 Å². The minimum Gasteiger partial charge on any atom is -0.400 e. The molecule has 0 aliphatic rings. The van der Waals surface area contributed by atoms with E-state index in [0.29, 0.717) is 6.42 Å². The fraction of sp³-hybridized carbons (Fsp3) is 1.00. The van der Waals surface area contributed by atoms with Crippen LogP contribution in [0.2, 0.25) is 13.1 Å². The Hall–Kier alpha value is 0.274. The zero-order valence-corrected chi connectivity index (χ0v) is 15.5. The van der Waals surface area contributed by atoms with Gasteiger partial charge in [0.2, 0.25) is 0 Å². The smallest absolute Gasteiger partial charge is 0.161 e. The number of rotatable bonds is 9. The third-order valence-corrected chi connectivity index (χ3v) is 4.42. The highest BCUT2D eigenvalue weighted by Gasteiger charge is 2.33. The van der Waals surface area contributed by atoms with Crippen molar-refractivity contribution in [2.75, 3.05) is 0 Å². The SMILES string of the molecule is C[SiH2]OC(O[SiH2]C)C(C)(C)CC[C@H](O)C(C)(C)O. The summed E-state index contributed by atoms with van der Waals surface area (Å²) in [5.41, 5.74) is -1.18. The van der Waals surface area contributed by atoms with Gasteiger partial charge >= 0.3 is 0 Å². The van der Waals surface area contributed by atoms with Crippen molar-refractivity contribution in [3.05, 3.63) is 0 Å². The lowest BCUT2D eigenvalue weighted by Crippen LogP contribution is -2.40. The third kappa shape index (κ3) is 6.44. The van der Waals surface area contributed by atoms with Gasteiger partial charge in [-0.3, -0.25) is 0 Å². The summed E-state index contributed by atoms with van der Waals surface area (Å²) in [5, 5.41) is 19.6. The van der Waals surface area contributed by atoms with Gasteiger partial charge in [-0.25, -0.2) is 0 Å². The number of hydrogen-bond acceptors (Lipinski definition) is 4. The highest BCUT2D eigenvalue weighted by Crippen LogP contribution is 2.31. The second kappa shape index (κ2) is 7.76. The standard InChI is InChI=1S/C12H30O4Si2/c1-11(2,10(15-17-5)16-18-6)8-7-9(13)12(3,4)14/h9-10,13-14H,7-8,17-18H2,1-6H3/t9-/m0/s1. The van der Waals surface area contributed by atoms with Crippen molar-refractivity contribution in [1.82, 2.24) is 0 Å². The maximum Gasteiger partial charge on any atom is 0.161 e. The Morgan fingerprint density at radius 2 is 1.50 bits per heavy atom. The second-order valence-electron chi connectivity index (χ2n) is 5.94. The lowest BCUT2D eigenvalue weighted by atomic mass is 9.83. The first kappa shape index (κ1) is 18.3. The molecular formula is C12H30O4Si2. The van der Waals surface area contributed by atoms with Gasteiger partial charge in [-0.05, 0) is 26.7 Å². The predicted molar refractivity (Wildman–Crippen MR) is 80.1 cm³/mol. The Balaban J connectivity index is 4.42. The van der Waals surface area contributed by atoms with Crippen molar-refractivity contribution >= 4 is 19.5 Å². The molecule has 0 aromatic rings. The summed E-state index contributed by atoms with van der Waals surface area (Å²) in [6.45, 7) is 11.6. The third-order valence-electron chi connectivity index (χ3n) is 3.15. The Kier molecular flexibility index (Phi) is 7.88. The molecule has 0 saturated heterocycles. The van der Waals surface area contributed by atoms with Gasteiger partial charge in [-0.2, -0.15) is 0 Å². The molecule has 0 bridgehead atoms. The molecule has 0 aliphatic carbocycles. The molecule has 0 amide bonds. The van der Waals surface area contributed by atoms with Crippen LogP contribution in [0.3, 0.4) is 0 Å². The zero-order valence-electron chi connectivity index (χ0n) is 12.7. The van der Waals surface area contributed by atoms with Crippen molar-refractivity contribution in [3.8, 4) is 0 Å². The lowest BCUT2D eigenvalue weighted by molar-refractivity contribution is -0.0976. The fourth-order valence-corrected chi connectivity index (χ4v) is 3.67. The van der Waals surface area contributed by atoms with Gasteiger partial charge < -0.3 is 19.1 Å². The van der Waals surface area contributed by atoms with Crippen LogP contribution < -0.4 is 0 Å². The second-order valence-corrected chi connectivity index (χ2v) is 7.76. The van der Waals surface area contributed by atoms with Crippen LogP contribution >= 0.6 is 0 Å². The highest BCUT2D eigenvalue weighted by atomic mass is 28.2. The van der Waals surface area contributed by atoms with Gasteiger partial charge in [0, 0.05) is 5.41 Å². The maximum atomic E-state index is 9.88. The molecule has 0 aromatic carbocycles. The first-order valence-electron chi connectivity index (χ1n) is 6.78. The maximum absolute atomic E-state index is 9.88. The molecule has 2 N–H and O–H groups in total.